The van der Waals surface area contributed by atoms with Crippen molar-refractivity contribution < 1.29 is 9.53 Å². The number of ether oxygens (including phenoxy) is 1. The second-order valence-electron chi connectivity index (χ2n) is 3.05. The summed E-state index contributed by atoms with van der Waals surface area (Å²) in [5, 5.41) is 9.20. The van der Waals surface area contributed by atoms with Crippen molar-refractivity contribution in [3.05, 3.63) is 0 Å². The maximum Gasteiger partial charge on any atom is 0.325 e. The predicted molar refractivity (Wildman–Crippen MR) is 55.0 cm³/mol. The molecule has 0 saturated carbocycles. The Morgan fingerprint density at radius 1 is 1.43 bits per heavy atom. The number of guanidine groups is 1. The summed E-state index contributed by atoms with van der Waals surface area (Å²) in [6, 6.07) is 0. The van der Waals surface area contributed by atoms with Crippen LogP contribution in [0, 0.1) is 5.41 Å². The van der Waals surface area contributed by atoms with E-state index >= 15 is 0 Å². The van der Waals surface area contributed by atoms with Crippen molar-refractivity contribution in [2.45, 2.75) is 32.6 Å². The van der Waals surface area contributed by atoms with Gasteiger partial charge in [-0.25, -0.2) is 0 Å². The number of unbranched alkanes of at least 4 members (excludes halogenated alkanes) is 3. The highest BCUT2D eigenvalue weighted by Gasteiger charge is 2.01. The molecule has 0 fully saturated rings. The van der Waals surface area contributed by atoms with Gasteiger partial charge >= 0.3 is 5.97 Å². The minimum atomic E-state index is -0.364. The standard InChI is InChI=1S/C9H19N3O2/c1-2-3-4-5-6-14-8(13)7-12-9(10)11/h2-7H2,1H3,(H4,10,11,12). The molecule has 0 saturated heterocycles. The van der Waals surface area contributed by atoms with Crippen LogP contribution in [0.2, 0.25) is 0 Å². The Bertz CT molecular complexity index is 183. The molecule has 4 N–H and O–H groups in total. The van der Waals surface area contributed by atoms with E-state index in [9.17, 15) is 4.79 Å². The van der Waals surface area contributed by atoms with E-state index in [1.165, 1.54) is 12.8 Å². The summed E-state index contributed by atoms with van der Waals surface area (Å²) in [6.45, 7) is 2.56. The molecular formula is C9H19N3O2. The topological polar surface area (TPSA) is 88.2 Å². The molecule has 5 nitrogen and oxygen atoms in total. The maximum atomic E-state index is 10.9. The lowest BCUT2D eigenvalue weighted by atomic mass is 10.2. The first-order chi connectivity index (χ1) is 6.66. The first-order valence-corrected chi connectivity index (χ1v) is 4.90. The molecule has 0 bridgehead atoms. The lowest BCUT2D eigenvalue weighted by Gasteiger charge is -2.05. The van der Waals surface area contributed by atoms with Crippen LogP contribution in [0.4, 0.5) is 0 Å². The van der Waals surface area contributed by atoms with Gasteiger partial charge in [0.1, 0.15) is 6.54 Å². The summed E-state index contributed by atoms with van der Waals surface area (Å²) in [5.41, 5.74) is 5.00. The predicted octanol–water partition coefficient (Wildman–Crippen LogP) is 0.593. The minimum absolute atomic E-state index is 0.0247. The highest BCUT2D eigenvalue weighted by atomic mass is 16.5. The van der Waals surface area contributed by atoms with Gasteiger partial charge in [0.15, 0.2) is 5.96 Å². The second-order valence-corrected chi connectivity index (χ2v) is 3.05. The molecule has 0 atom stereocenters. The van der Waals surface area contributed by atoms with E-state index < -0.39 is 0 Å². The highest BCUT2D eigenvalue weighted by molar-refractivity contribution is 5.80. The monoisotopic (exact) mass is 201 g/mol. The normalized spacial score (nSPS) is 9.50. The van der Waals surface area contributed by atoms with Crippen LogP contribution < -0.4 is 11.1 Å². The van der Waals surface area contributed by atoms with Crippen molar-refractivity contribution in [3.63, 3.8) is 0 Å². The average molecular weight is 201 g/mol. The number of carbonyl (C=O) groups excluding carboxylic acids is 1. The van der Waals surface area contributed by atoms with Gasteiger partial charge in [-0.2, -0.15) is 0 Å². The minimum Gasteiger partial charge on any atom is -0.464 e. The van der Waals surface area contributed by atoms with Crippen LogP contribution in [0.1, 0.15) is 32.6 Å². The molecule has 0 aromatic rings. The Labute approximate surface area is 84.5 Å². The summed E-state index contributed by atoms with van der Waals surface area (Å²) in [4.78, 5) is 10.9. The quantitative estimate of drug-likeness (QED) is 0.243. The Morgan fingerprint density at radius 3 is 2.71 bits per heavy atom. The summed E-state index contributed by atoms with van der Waals surface area (Å²) >= 11 is 0. The number of carbonyl (C=O) groups is 1. The third-order valence-electron chi connectivity index (χ3n) is 1.68. The summed E-state index contributed by atoms with van der Waals surface area (Å²) < 4.78 is 4.89. The second kappa shape index (κ2) is 8.34. The third kappa shape index (κ3) is 8.83. The van der Waals surface area contributed by atoms with Crippen LogP contribution in [-0.2, 0) is 9.53 Å². The molecule has 0 heterocycles. The molecular weight excluding hydrogens is 182 g/mol. The van der Waals surface area contributed by atoms with Gasteiger partial charge in [0, 0.05) is 0 Å². The smallest absolute Gasteiger partial charge is 0.325 e. The van der Waals surface area contributed by atoms with Gasteiger partial charge < -0.3 is 15.8 Å². The van der Waals surface area contributed by atoms with Gasteiger partial charge in [-0.1, -0.05) is 26.2 Å². The molecule has 5 heteroatoms. The van der Waals surface area contributed by atoms with Crippen molar-refractivity contribution in [1.29, 1.82) is 5.41 Å². The Kier molecular flexibility index (Phi) is 7.59. The largest absolute Gasteiger partial charge is 0.464 e. The highest BCUT2D eigenvalue weighted by Crippen LogP contribution is 1.98. The summed E-state index contributed by atoms with van der Waals surface area (Å²) in [6.07, 6.45) is 4.33. The zero-order chi connectivity index (χ0) is 10.8. The van der Waals surface area contributed by atoms with Crippen LogP contribution in [-0.4, -0.2) is 25.1 Å². The third-order valence-corrected chi connectivity index (χ3v) is 1.68. The Hall–Kier alpha value is -1.26. The average Bonchev–Trinajstić information content (AvgIpc) is 2.14. The Balaban J connectivity index is 3.22. The fourth-order valence-electron chi connectivity index (χ4n) is 0.933. The van der Waals surface area contributed by atoms with E-state index in [-0.39, 0.29) is 18.5 Å². The van der Waals surface area contributed by atoms with E-state index in [0.717, 1.165) is 12.8 Å². The number of nitrogens with one attached hydrogen (secondary N) is 2. The van der Waals surface area contributed by atoms with Crippen LogP contribution in [0.5, 0.6) is 0 Å². The molecule has 0 aliphatic rings. The first kappa shape index (κ1) is 12.7. The molecule has 0 aliphatic heterocycles. The number of rotatable bonds is 7. The van der Waals surface area contributed by atoms with Crippen molar-refractivity contribution >= 4 is 11.9 Å². The van der Waals surface area contributed by atoms with E-state index in [0.29, 0.717) is 6.61 Å². The maximum absolute atomic E-state index is 10.9. The molecule has 0 spiro atoms. The molecule has 0 aromatic heterocycles. The zero-order valence-electron chi connectivity index (χ0n) is 8.64. The summed E-state index contributed by atoms with van der Waals surface area (Å²) in [5.74, 6) is -0.579. The summed E-state index contributed by atoms with van der Waals surface area (Å²) in [7, 11) is 0. The fraction of sp³-hybridized carbons (Fsp3) is 0.778. The van der Waals surface area contributed by atoms with Gasteiger partial charge in [-0.05, 0) is 6.42 Å². The van der Waals surface area contributed by atoms with E-state index in [1.807, 2.05) is 0 Å². The van der Waals surface area contributed by atoms with Crippen molar-refractivity contribution in [1.82, 2.24) is 5.32 Å². The van der Waals surface area contributed by atoms with Gasteiger partial charge in [0.2, 0.25) is 0 Å². The molecule has 82 valence electrons. The lowest BCUT2D eigenvalue weighted by Crippen LogP contribution is -2.35. The molecule has 14 heavy (non-hydrogen) atoms. The van der Waals surface area contributed by atoms with Gasteiger partial charge in [-0.3, -0.25) is 10.2 Å². The Morgan fingerprint density at radius 2 is 2.14 bits per heavy atom. The molecule has 0 aromatic carbocycles. The van der Waals surface area contributed by atoms with Crippen LogP contribution >= 0.6 is 0 Å². The van der Waals surface area contributed by atoms with Gasteiger partial charge in [0.25, 0.3) is 0 Å². The number of nitrogens with two attached hydrogens (primary N) is 1. The van der Waals surface area contributed by atoms with E-state index in [4.69, 9.17) is 15.9 Å². The molecule has 0 aliphatic carbocycles. The van der Waals surface area contributed by atoms with Crippen molar-refractivity contribution in [3.8, 4) is 0 Å². The van der Waals surface area contributed by atoms with Crippen molar-refractivity contribution in [2.75, 3.05) is 13.2 Å². The zero-order valence-corrected chi connectivity index (χ0v) is 8.64. The SMILES string of the molecule is CCCCCCOC(=O)CNC(=N)N. The number of hydrogen-bond acceptors (Lipinski definition) is 3. The van der Waals surface area contributed by atoms with Crippen LogP contribution in [0.3, 0.4) is 0 Å². The van der Waals surface area contributed by atoms with E-state index in [1.54, 1.807) is 0 Å². The van der Waals surface area contributed by atoms with Crippen molar-refractivity contribution in [2.24, 2.45) is 5.73 Å². The molecule has 0 radical (unpaired) electrons. The molecule has 0 amide bonds. The fourth-order valence-corrected chi connectivity index (χ4v) is 0.933. The van der Waals surface area contributed by atoms with Gasteiger partial charge in [0.05, 0.1) is 6.61 Å². The lowest BCUT2D eigenvalue weighted by molar-refractivity contribution is -0.142. The van der Waals surface area contributed by atoms with Crippen LogP contribution in [0.15, 0.2) is 0 Å². The first-order valence-electron chi connectivity index (χ1n) is 4.90. The number of esters is 1. The van der Waals surface area contributed by atoms with Gasteiger partial charge in [-0.15, -0.1) is 0 Å². The van der Waals surface area contributed by atoms with Crippen LogP contribution in [0.25, 0.3) is 0 Å². The van der Waals surface area contributed by atoms with E-state index in [2.05, 4.69) is 12.2 Å². The molecule has 0 rings (SSSR count). The number of hydrogen-bond donors (Lipinski definition) is 3. The molecule has 0 unspecified atom stereocenters.